The highest BCUT2D eigenvalue weighted by Crippen LogP contribution is 2.44. The van der Waals surface area contributed by atoms with Gasteiger partial charge in [-0.15, -0.1) is 0 Å². The van der Waals surface area contributed by atoms with Crippen molar-refractivity contribution >= 4 is 16.9 Å². The number of rotatable bonds is 2. The van der Waals surface area contributed by atoms with Crippen molar-refractivity contribution in [2.45, 2.75) is 31.7 Å². The maximum absolute atomic E-state index is 4.59. The number of aromatic nitrogens is 3. The van der Waals surface area contributed by atoms with Crippen LogP contribution in [0.1, 0.15) is 31.2 Å². The summed E-state index contributed by atoms with van der Waals surface area (Å²) in [6.45, 7) is 5.32. The molecule has 1 atom stereocenters. The van der Waals surface area contributed by atoms with Crippen LogP contribution in [0.5, 0.6) is 0 Å². The molecule has 2 aromatic heterocycles. The van der Waals surface area contributed by atoms with E-state index in [1.54, 1.807) is 6.33 Å². The first kappa shape index (κ1) is 11.2. The fourth-order valence-electron chi connectivity index (χ4n) is 3.06. The number of hydrogen-bond acceptors (Lipinski definition) is 4. The zero-order chi connectivity index (χ0) is 12.8. The van der Waals surface area contributed by atoms with Gasteiger partial charge in [0.2, 0.25) is 0 Å². The Kier molecular flexibility index (Phi) is 2.48. The predicted octanol–water partition coefficient (Wildman–Crippen LogP) is 1.63. The van der Waals surface area contributed by atoms with Gasteiger partial charge in [0.05, 0.1) is 5.39 Å². The minimum absolute atomic E-state index is 0.480. The zero-order valence-corrected chi connectivity index (χ0v) is 11.2. The van der Waals surface area contributed by atoms with Gasteiger partial charge in [-0.3, -0.25) is 0 Å². The van der Waals surface area contributed by atoms with Gasteiger partial charge in [-0.2, -0.15) is 0 Å². The van der Waals surface area contributed by atoms with Crippen molar-refractivity contribution in [3.8, 4) is 0 Å². The molecule has 3 heterocycles. The molecule has 19 heavy (non-hydrogen) atoms. The lowest BCUT2D eigenvalue weighted by atomic mass is 10.1. The van der Waals surface area contributed by atoms with Crippen molar-refractivity contribution in [2.24, 2.45) is 0 Å². The molecule has 0 radical (unpaired) electrons. The lowest BCUT2D eigenvalue weighted by Crippen LogP contribution is -2.50. The molecule has 2 aromatic rings. The van der Waals surface area contributed by atoms with E-state index in [-0.39, 0.29) is 0 Å². The zero-order valence-electron chi connectivity index (χ0n) is 11.2. The number of nitrogens with one attached hydrogen (secondary N) is 2. The third-order valence-corrected chi connectivity index (χ3v) is 4.27. The summed E-state index contributed by atoms with van der Waals surface area (Å²) < 4.78 is 0. The normalized spacial score (nSPS) is 24.1. The summed E-state index contributed by atoms with van der Waals surface area (Å²) in [4.78, 5) is 14.7. The van der Waals surface area contributed by atoms with Crippen LogP contribution in [0.2, 0.25) is 0 Å². The van der Waals surface area contributed by atoms with E-state index in [9.17, 15) is 0 Å². The van der Waals surface area contributed by atoms with Crippen LogP contribution in [0, 0.1) is 0 Å². The Morgan fingerprint density at radius 1 is 1.32 bits per heavy atom. The van der Waals surface area contributed by atoms with Crippen molar-refractivity contribution in [1.82, 2.24) is 20.3 Å². The highest BCUT2D eigenvalue weighted by Gasteiger charge is 2.30. The molecule has 0 bridgehead atoms. The molecular weight excluding hydrogens is 238 g/mol. The van der Waals surface area contributed by atoms with E-state index >= 15 is 0 Å². The average Bonchev–Trinajstić information content (AvgIpc) is 3.18. The van der Waals surface area contributed by atoms with Crippen LogP contribution in [-0.2, 0) is 0 Å². The number of piperazine rings is 1. The summed E-state index contributed by atoms with van der Waals surface area (Å²) in [5.41, 5.74) is 2.40. The second-order valence-corrected chi connectivity index (χ2v) is 5.69. The van der Waals surface area contributed by atoms with Gasteiger partial charge in [0.25, 0.3) is 0 Å². The first-order chi connectivity index (χ1) is 9.34. The first-order valence-electron chi connectivity index (χ1n) is 7.14. The number of H-pyrrole nitrogens is 1. The lowest BCUT2D eigenvalue weighted by Gasteiger charge is -2.35. The molecule has 2 N–H and O–H groups in total. The van der Waals surface area contributed by atoms with Crippen LogP contribution in [0.4, 0.5) is 5.82 Å². The maximum Gasteiger partial charge on any atom is 0.143 e. The fraction of sp³-hybridized carbons (Fsp3) is 0.571. The second kappa shape index (κ2) is 4.20. The molecule has 1 aliphatic heterocycles. The highest BCUT2D eigenvalue weighted by atomic mass is 15.3. The van der Waals surface area contributed by atoms with E-state index in [4.69, 9.17) is 0 Å². The second-order valence-electron chi connectivity index (χ2n) is 5.69. The van der Waals surface area contributed by atoms with E-state index in [1.165, 1.54) is 23.8 Å². The fourth-order valence-corrected chi connectivity index (χ4v) is 3.06. The summed E-state index contributed by atoms with van der Waals surface area (Å²) in [6, 6.07) is 0.480. The molecule has 4 rings (SSSR count). The number of hydrogen-bond donors (Lipinski definition) is 2. The van der Waals surface area contributed by atoms with Crippen molar-refractivity contribution < 1.29 is 0 Å². The van der Waals surface area contributed by atoms with E-state index < -0.39 is 0 Å². The van der Waals surface area contributed by atoms with Crippen molar-refractivity contribution in [3.63, 3.8) is 0 Å². The SMILES string of the molecule is C[C@H]1CNCCN1c1ncnc2[nH]cc(C3CC3)c12. The van der Waals surface area contributed by atoms with Crippen LogP contribution >= 0.6 is 0 Å². The molecule has 0 aromatic carbocycles. The summed E-state index contributed by atoms with van der Waals surface area (Å²) in [5.74, 6) is 1.83. The van der Waals surface area contributed by atoms with Gasteiger partial charge in [0.1, 0.15) is 17.8 Å². The Labute approximate surface area is 112 Å². The molecule has 0 spiro atoms. The number of anilines is 1. The summed E-state index contributed by atoms with van der Waals surface area (Å²) in [6.07, 6.45) is 6.42. The van der Waals surface area contributed by atoms with Crippen molar-refractivity contribution in [2.75, 3.05) is 24.5 Å². The minimum Gasteiger partial charge on any atom is -0.351 e. The Bertz CT molecular complexity index is 601. The molecule has 1 saturated heterocycles. The standard InChI is InChI=1S/C14H19N5/c1-9-6-15-4-5-19(9)14-12-11(10-2-3-10)7-16-13(12)17-8-18-14/h7-10,15H,2-6H2,1H3,(H,16,17,18)/t9-/m0/s1. The van der Waals surface area contributed by atoms with Crippen molar-refractivity contribution in [3.05, 3.63) is 18.1 Å². The Balaban J connectivity index is 1.85. The topological polar surface area (TPSA) is 56.8 Å². The molecule has 2 fully saturated rings. The first-order valence-corrected chi connectivity index (χ1v) is 7.14. The summed E-state index contributed by atoms with van der Waals surface area (Å²) in [7, 11) is 0. The van der Waals surface area contributed by atoms with E-state index in [2.05, 4.69) is 38.3 Å². The molecular formula is C14H19N5. The molecule has 5 heteroatoms. The van der Waals surface area contributed by atoms with Crippen LogP contribution in [-0.4, -0.2) is 40.6 Å². The van der Waals surface area contributed by atoms with Crippen LogP contribution in [0.3, 0.4) is 0 Å². The molecule has 2 aliphatic rings. The molecule has 0 amide bonds. The molecule has 0 unspecified atom stereocenters. The van der Waals surface area contributed by atoms with E-state index in [1.807, 2.05) is 0 Å². The monoisotopic (exact) mass is 257 g/mol. The lowest BCUT2D eigenvalue weighted by molar-refractivity contribution is 0.498. The minimum atomic E-state index is 0.480. The van der Waals surface area contributed by atoms with Gasteiger partial charge >= 0.3 is 0 Å². The molecule has 5 nitrogen and oxygen atoms in total. The molecule has 1 saturated carbocycles. The van der Waals surface area contributed by atoms with Gasteiger partial charge in [0.15, 0.2) is 0 Å². The third-order valence-electron chi connectivity index (χ3n) is 4.27. The molecule has 100 valence electrons. The van der Waals surface area contributed by atoms with Gasteiger partial charge in [-0.25, -0.2) is 9.97 Å². The van der Waals surface area contributed by atoms with Crippen molar-refractivity contribution in [1.29, 1.82) is 0 Å². The quantitative estimate of drug-likeness (QED) is 0.858. The Hall–Kier alpha value is -1.62. The number of nitrogens with zero attached hydrogens (tertiary/aromatic N) is 3. The predicted molar refractivity (Wildman–Crippen MR) is 75.5 cm³/mol. The summed E-state index contributed by atoms with van der Waals surface area (Å²) >= 11 is 0. The van der Waals surface area contributed by atoms with E-state index in [0.29, 0.717) is 6.04 Å². The molecule has 1 aliphatic carbocycles. The third kappa shape index (κ3) is 1.80. The van der Waals surface area contributed by atoms with Crippen LogP contribution in [0.25, 0.3) is 11.0 Å². The van der Waals surface area contributed by atoms with Gasteiger partial charge in [-0.05, 0) is 31.2 Å². The Morgan fingerprint density at radius 2 is 2.21 bits per heavy atom. The number of aromatic amines is 1. The van der Waals surface area contributed by atoms with Gasteiger partial charge < -0.3 is 15.2 Å². The average molecular weight is 257 g/mol. The smallest absolute Gasteiger partial charge is 0.143 e. The summed E-state index contributed by atoms with van der Waals surface area (Å²) in [5, 5.41) is 4.68. The Morgan fingerprint density at radius 3 is 3.00 bits per heavy atom. The van der Waals surface area contributed by atoms with Gasteiger partial charge in [-0.1, -0.05) is 0 Å². The highest BCUT2D eigenvalue weighted by molar-refractivity contribution is 5.91. The largest absolute Gasteiger partial charge is 0.351 e. The van der Waals surface area contributed by atoms with Crippen LogP contribution in [0.15, 0.2) is 12.5 Å². The number of fused-ring (bicyclic) bond motifs is 1. The van der Waals surface area contributed by atoms with Gasteiger partial charge in [0, 0.05) is 31.9 Å². The van der Waals surface area contributed by atoms with Crippen LogP contribution < -0.4 is 10.2 Å². The maximum atomic E-state index is 4.59. The van der Waals surface area contributed by atoms with E-state index in [0.717, 1.165) is 37.0 Å².